The highest BCUT2D eigenvalue weighted by Crippen LogP contribution is 2.32. The number of para-hydroxylation sites is 1. The molecule has 0 unspecified atom stereocenters. The van der Waals surface area contributed by atoms with Crippen LogP contribution in [0.25, 0.3) is 0 Å². The van der Waals surface area contributed by atoms with Gasteiger partial charge in [0.05, 0.1) is 0 Å². The molecule has 0 aliphatic carbocycles. The molecule has 0 atom stereocenters. The lowest BCUT2D eigenvalue weighted by molar-refractivity contribution is 0.0690. The second-order valence-electron chi connectivity index (χ2n) is 3.78. The van der Waals surface area contributed by atoms with Gasteiger partial charge in [0.2, 0.25) is 0 Å². The fourth-order valence-electron chi connectivity index (χ4n) is 1.70. The molecule has 2 rings (SSSR count). The van der Waals surface area contributed by atoms with E-state index in [1.165, 1.54) is 11.8 Å². The predicted octanol–water partition coefficient (Wildman–Crippen LogP) is 4.29. The fourth-order valence-corrected chi connectivity index (χ4v) is 2.52. The van der Waals surface area contributed by atoms with Crippen molar-refractivity contribution in [1.82, 2.24) is 0 Å². The minimum atomic E-state index is -0.970. The molecule has 0 aromatic heterocycles. The number of carboxylic acid groups (broad SMARTS) is 1. The summed E-state index contributed by atoms with van der Waals surface area (Å²) in [6, 6.07) is 14.5. The molecule has 19 heavy (non-hydrogen) atoms. The van der Waals surface area contributed by atoms with Gasteiger partial charge in [0.25, 0.3) is 0 Å². The minimum absolute atomic E-state index is 0.221. The number of carboxylic acids is 1. The number of rotatable bonds is 5. The molecule has 0 saturated carbocycles. The summed E-state index contributed by atoms with van der Waals surface area (Å²) < 4.78 is 5.66. The Labute approximate surface area is 116 Å². The predicted molar refractivity (Wildman–Crippen MR) is 76.3 cm³/mol. The van der Waals surface area contributed by atoms with E-state index in [9.17, 15) is 9.90 Å². The Morgan fingerprint density at radius 2 is 1.89 bits per heavy atom. The van der Waals surface area contributed by atoms with Crippen LogP contribution in [0.1, 0.15) is 17.3 Å². The quantitative estimate of drug-likeness (QED) is 0.826. The number of aromatic carboxylic acids is 1. The van der Waals surface area contributed by atoms with Crippen LogP contribution in [0.2, 0.25) is 0 Å². The Morgan fingerprint density at radius 3 is 2.53 bits per heavy atom. The van der Waals surface area contributed by atoms with Gasteiger partial charge in [0.15, 0.2) is 0 Å². The van der Waals surface area contributed by atoms with Crippen molar-refractivity contribution in [1.29, 1.82) is 0 Å². The van der Waals surface area contributed by atoms with E-state index in [-0.39, 0.29) is 5.56 Å². The first-order chi connectivity index (χ1) is 9.22. The summed E-state index contributed by atoms with van der Waals surface area (Å²) >= 11 is 1.49. The van der Waals surface area contributed by atoms with Crippen molar-refractivity contribution < 1.29 is 14.6 Å². The molecule has 0 heterocycles. The van der Waals surface area contributed by atoms with Gasteiger partial charge in [-0.3, -0.25) is 0 Å². The maximum Gasteiger partial charge on any atom is 0.340 e. The number of benzene rings is 2. The monoisotopic (exact) mass is 274 g/mol. The molecule has 0 bridgehead atoms. The van der Waals surface area contributed by atoms with Crippen LogP contribution in [0.3, 0.4) is 0 Å². The first-order valence-electron chi connectivity index (χ1n) is 5.94. The lowest BCUT2D eigenvalue weighted by Crippen LogP contribution is -2.02. The Bertz CT molecular complexity index is 567. The molecule has 0 aliphatic rings. The van der Waals surface area contributed by atoms with Crippen LogP contribution in [-0.2, 0) is 0 Å². The molecule has 0 fully saturated rings. The van der Waals surface area contributed by atoms with E-state index < -0.39 is 5.97 Å². The summed E-state index contributed by atoms with van der Waals surface area (Å²) in [5.74, 6) is 0.845. The molecule has 0 saturated heterocycles. The van der Waals surface area contributed by atoms with Crippen LogP contribution in [0, 0.1) is 0 Å². The fraction of sp³-hybridized carbons (Fsp3) is 0.133. The highest BCUT2D eigenvalue weighted by Gasteiger charge is 2.17. The largest absolute Gasteiger partial charge is 0.478 e. The van der Waals surface area contributed by atoms with Gasteiger partial charge < -0.3 is 9.84 Å². The lowest BCUT2D eigenvalue weighted by atomic mass is 10.2. The summed E-state index contributed by atoms with van der Waals surface area (Å²) in [5, 5.41) is 9.36. The second-order valence-corrected chi connectivity index (χ2v) is 5.09. The van der Waals surface area contributed by atoms with Crippen molar-refractivity contribution >= 4 is 17.7 Å². The summed E-state index contributed by atoms with van der Waals surface area (Å²) in [5.41, 5.74) is 0.221. The van der Waals surface area contributed by atoms with Crippen LogP contribution >= 0.6 is 11.8 Å². The van der Waals surface area contributed by atoms with Crippen molar-refractivity contribution in [3.63, 3.8) is 0 Å². The zero-order valence-electron chi connectivity index (χ0n) is 10.5. The van der Waals surface area contributed by atoms with Gasteiger partial charge in [0.1, 0.15) is 17.1 Å². The van der Waals surface area contributed by atoms with Crippen molar-refractivity contribution in [2.75, 3.05) is 5.75 Å². The standard InChI is InChI=1S/C15H14O3S/c1-2-19-13-10-6-9-12(14(13)15(16)17)18-11-7-4-3-5-8-11/h3-10H,2H2,1H3,(H,16,17). The summed E-state index contributed by atoms with van der Waals surface area (Å²) in [7, 11) is 0. The molecule has 0 amide bonds. The van der Waals surface area contributed by atoms with Crippen molar-refractivity contribution in [2.45, 2.75) is 11.8 Å². The van der Waals surface area contributed by atoms with Crippen LogP contribution in [0.4, 0.5) is 0 Å². The normalized spacial score (nSPS) is 10.2. The van der Waals surface area contributed by atoms with Crippen molar-refractivity contribution in [2.24, 2.45) is 0 Å². The zero-order valence-corrected chi connectivity index (χ0v) is 11.3. The van der Waals surface area contributed by atoms with E-state index in [0.717, 1.165) is 10.6 Å². The van der Waals surface area contributed by atoms with Gasteiger partial charge in [-0.2, -0.15) is 0 Å². The van der Waals surface area contributed by atoms with Gasteiger partial charge >= 0.3 is 5.97 Å². The van der Waals surface area contributed by atoms with Crippen molar-refractivity contribution in [3.8, 4) is 11.5 Å². The van der Waals surface area contributed by atoms with Crippen LogP contribution in [0.5, 0.6) is 11.5 Å². The third-order valence-corrected chi connectivity index (χ3v) is 3.41. The van der Waals surface area contributed by atoms with Crippen LogP contribution in [-0.4, -0.2) is 16.8 Å². The van der Waals surface area contributed by atoms with Gasteiger partial charge in [-0.15, -0.1) is 11.8 Å². The van der Waals surface area contributed by atoms with Gasteiger partial charge in [-0.05, 0) is 30.0 Å². The lowest BCUT2D eigenvalue weighted by Gasteiger charge is -2.11. The average Bonchev–Trinajstić information content (AvgIpc) is 2.40. The SMILES string of the molecule is CCSc1cccc(Oc2ccccc2)c1C(=O)O. The summed E-state index contributed by atoms with van der Waals surface area (Å²) in [6.45, 7) is 1.99. The average molecular weight is 274 g/mol. The summed E-state index contributed by atoms with van der Waals surface area (Å²) in [4.78, 5) is 12.1. The number of hydrogen-bond acceptors (Lipinski definition) is 3. The Morgan fingerprint density at radius 1 is 1.16 bits per heavy atom. The zero-order chi connectivity index (χ0) is 13.7. The van der Waals surface area contributed by atoms with Crippen LogP contribution < -0.4 is 4.74 Å². The molecule has 98 valence electrons. The van der Waals surface area contributed by atoms with Gasteiger partial charge in [0, 0.05) is 4.90 Å². The van der Waals surface area contributed by atoms with Crippen molar-refractivity contribution in [3.05, 3.63) is 54.1 Å². The molecule has 3 nitrogen and oxygen atoms in total. The third-order valence-electron chi connectivity index (χ3n) is 2.47. The molecule has 0 radical (unpaired) electrons. The number of thioether (sulfide) groups is 1. The minimum Gasteiger partial charge on any atom is -0.478 e. The number of ether oxygens (including phenoxy) is 1. The third kappa shape index (κ3) is 3.29. The maximum absolute atomic E-state index is 11.4. The van der Waals surface area contributed by atoms with E-state index in [1.54, 1.807) is 24.3 Å². The first kappa shape index (κ1) is 13.5. The van der Waals surface area contributed by atoms with E-state index in [2.05, 4.69) is 0 Å². The molecular formula is C15H14O3S. The molecule has 1 N–H and O–H groups in total. The second kappa shape index (κ2) is 6.29. The molecule has 0 aliphatic heterocycles. The van der Waals surface area contributed by atoms with E-state index in [4.69, 9.17) is 4.74 Å². The first-order valence-corrected chi connectivity index (χ1v) is 6.93. The topological polar surface area (TPSA) is 46.5 Å². The maximum atomic E-state index is 11.4. The van der Waals surface area contributed by atoms with E-state index in [0.29, 0.717) is 11.5 Å². The molecule has 4 heteroatoms. The number of hydrogen-bond donors (Lipinski definition) is 1. The molecule has 2 aromatic carbocycles. The molecule has 0 spiro atoms. The number of carbonyl (C=O) groups is 1. The highest BCUT2D eigenvalue weighted by molar-refractivity contribution is 7.99. The highest BCUT2D eigenvalue weighted by atomic mass is 32.2. The molecular weight excluding hydrogens is 260 g/mol. The van der Waals surface area contributed by atoms with E-state index >= 15 is 0 Å². The Kier molecular flexibility index (Phi) is 4.47. The van der Waals surface area contributed by atoms with Gasteiger partial charge in [-0.25, -0.2) is 4.79 Å². The molecule has 2 aromatic rings. The van der Waals surface area contributed by atoms with Crippen LogP contribution in [0.15, 0.2) is 53.4 Å². The Balaban J connectivity index is 2.39. The van der Waals surface area contributed by atoms with Gasteiger partial charge in [-0.1, -0.05) is 31.2 Å². The van der Waals surface area contributed by atoms with E-state index in [1.807, 2.05) is 31.2 Å². The smallest absolute Gasteiger partial charge is 0.340 e. The Hall–Kier alpha value is -1.94. The summed E-state index contributed by atoms with van der Waals surface area (Å²) in [6.07, 6.45) is 0.